The van der Waals surface area contributed by atoms with Gasteiger partial charge in [0.05, 0.1) is 25.7 Å². The average Bonchev–Trinajstić information content (AvgIpc) is 3.62. The average molecular weight is 1330 g/mol. The van der Waals surface area contributed by atoms with Gasteiger partial charge in [0.1, 0.15) is 31.8 Å². The summed E-state index contributed by atoms with van der Waals surface area (Å²) in [6, 6.07) is 0. The normalized spacial score (nSPS) is 11.6. The number of carbonyl (C=O) groups is 4. The lowest BCUT2D eigenvalue weighted by atomic mass is 9.92. The maximum absolute atomic E-state index is 13.4. The second-order valence-electron chi connectivity index (χ2n) is 26.6. The van der Waals surface area contributed by atoms with Crippen molar-refractivity contribution in [3.8, 4) is 0 Å². The van der Waals surface area contributed by atoms with Crippen LogP contribution in [0.25, 0.3) is 0 Å². The van der Waals surface area contributed by atoms with Gasteiger partial charge >= 0.3 is 23.9 Å². The fourth-order valence-electron chi connectivity index (χ4n) is 11.4. The standard InChI is InChI=1S/C77H148O8S4/c1-5-9-13-17-21-25-29-33-37-41-45-49-53-61-86-65-57-73(78)82-69-77(70-83-74(79)58-66-87-62-54-50-46-42-38-34-30-26-22-18-14-10-6-2,71-84-75(80)59-67-88-63-55-51-47-43-39-35-31-27-23-19-15-11-7-3)72-85-76(81)60-68-89-64-56-52-48-44-40-36-32-28-24-20-16-12-8-4/h5-72H2,1-4H3. The van der Waals surface area contributed by atoms with Gasteiger partial charge in [-0.25, -0.2) is 0 Å². The molecule has 0 heterocycles. The highest BCUT2D eigenvalue weighted by Crippen LogP contribution is 2.25. The Morgan fingerprint density at radius 2 is 0.337 bits per heavy atom. The topological polar surface area (TPSA) is 105 Å². The van der Waals surface area contributed by atoms with Gasteiger partial charge in [0, 0.05) is 23.0 Å². The number of hydrogen-bond donors (Lipinski definition) is 0. The van der Waals surface area contributed by atoms with Crippen LogP contribution >= 0.6 is 47.0 Å². The van der Waals surface area contributed by atoms with Gasteiger partial charge in [-0.1, -0.05) is 336 Å². The van der Waals surface area contributed by atoms with E-state index in [9.17, 15) is 19.2 Å². The Hall–Kier alpha value is -0.720. The van der Waals surface area contributed by atoms with Crippen LogP contribution in [-0.2, 0) is 38.1 Å². The third kappa shape index (κ3) is 69.9. The number of carbonyl (C=O) groups excluding carboxylic acids is 4. The van der Waals surface area contributed by atoms with E-state index in [0.717, 1.165) is 48.7 Å². The second-order valence-corrected chi connectivity index (χ2v) is 31.5. The molecule has 528 valence electrons. The number of esters is 4. The Morgan fingerprint density at radius 1 is 0.202 bits per heavy atom. The van der Waals surface area contributed by atoms with Crippen molar-refractivity contribution in [1.82, 2.24) is 0 Å². The molecular weight excluding hydrogens is 1180 g/mol. The predicted molar refractivity (Wildman–Crippen MR) is 397 cm³/mol. The first-order valence-electron chi connectivity index (χ1n) is 38.8. The first kappa shape index (κ1) is 88.3. The molecule has 0 aromatic carbocycles. The highest BCUT2D eigenvalue weighted by Gasteiger charge is 2.38. The molecule has 12 heteroatoms. The minimum Gasteiger partial charge on any atom is -0.465 e. The van der Waals surface area contributed by atoms with Crippen molar-refractivity contribution in [2.75, 3.05) is 72.5 Å². The van der Waals surface area contributed by atoms with Crippen molar-refractivity contribution in [2.24, 2.45) is 5.41 Å². The highest BCUT2D eigenvalue weighted by atomic mass is 32.2. The second kappa shape index (κ2) is 74.7. The monoisotopic (exact) mass is 1330 g/mol. The summed E-state index contributed by atoms with van der Waals surface area (Å²) in [6.45, 7) is 8.38. The molecule has 0 spiro atoms. The van der Waals surface area contributed by atoms with E-state index in [-0.39, 0.29) is 76.0 Å². The van der Waals surface area contributed by atoms with E-state index < -0.39 is 5.41 Å². The van der Waals surface area contributed by atoms with Crippen molar-refractivity contribution in [3.05, 3.63) is 0 Å². The van der Waals surface area contributed by atoms with Crippen molar-refractivity contribution >= 4 is 70.9 Å². The fourth-order valence-corrected chi connectivity index (χ4v) is 15.1. The van der Waals surface area contributed by atoms with E-state index in [1.807, 2.05) is 0 Å². The zero-order valence-electron chi connectivity index (χ0n) is 59.5. The van der Waals surface area contributed by atoms with Crippen molar-refractivity contribution in [1.29, 1.82) is 0 Å². The minimum absolute atomic E-state index is 0.182. The molecule has 0 atom stereocenters. The lowest BCUT2D eigenvalue weighted by molar-refractivity contribution is -0.170. The third-order valence-corrected chi connectivity index (χ3v) is 21.8. The van der Waals surface area contributed by atoms with Crippen LogP contribution in [0.3, 0.4) is 0 Å². The Labute approximate surface area is 570 Å². The van der Waals surface area contributed by atoms with Crippen LogP contribution in [0.5, 0.6) is 0 Å². The Bertz CT molecular complexity index is 1260. The van der Waals surface area contributed by atoms with Gasteiger partial charge in [-0.2, -0.15) is 47.0 Å². The van der Waals surface area contributed by atoms with Crippen molar-refractivity contribution < 1.29 is 38.1 Å². The Balaban J connectivity index is 5.39. The molecule has 0 saturated carbocycles. The third-order valence-electron chi connectivity index (χ3n) is 17.5. The van der Waals surface area contributed by atoms with E-state index in [4.69, 9.17) is 18.9 Å². The van der Waals surface area contributed by atoms with Crippen molar-refractivity contribution in [2.45, 2.75) is 387 Å². The lowest BCUT2D eigenvalue weighted by Gasteiger charge is -2.31. The molecule has 0 aromatic heterocycles. The maximum Gasteiger partial charge on any atom is 0.306 e. The predicted octanol–water partition coefficient (Wildman–Crippen LogP) is 25.0. The number of ether oxygens (including phenoxy) is 4. The maximum atomic E-state index is 13.4. The van der Waals surface area contributed by atoms with Crippen LogP contribution in [-0.4, -0.2) is 96.3 Å². The summed E-state index contributed by atoms with van der Waals surface area (Å²) < 4.78 is 23.9. The van der Waals surface area contributed by atoms with Crippen LogP contribution in [0.4, 0.5) is 0 Å². The summed E-state index contributed by atoms with van der Waals surface area (Å²) >= 11 is 7.15. The quantitative estimate of drug-likeness (QED) is 0.0329. The van der Waals surface area contributed by atoms with E-state index in [2.05, 4.69) is 27.7 Å². The van der Waals surface area contributed by atoms with Gasteiger partial charge in [-0.3, -0.25) is 19.2 Å². The molecule has 0 aliphatic carbocycles. The molecule has 0 rings (SSSR count). The Kier molecular flexibility index (Phi) is 74.1. The number of hydrogen-bond acceptors (Lipinski definition) is 12. The minimum atomic E-state index is -1.23. The van der Waals surface area contributed by atoms with Gasteiger partial charge in [-0.15, -0.1) is 0 Å². The fraction of sp³-hybridized carbons (Fsp3) is 0.948. The van der Waals surface area contributed by atoms with E-state index >= 15 is 0 Å². The summed E-state index contributed by atoms with van der Waals surface area (Å²) in [6.07, 6.45) is 70.1. The van der Waals surface area contributed by atoms with Gasteiger partial charge < -0.3 is 18.9 Å². The molecule has 8 nitrogen and oxygen atoms in total. The molecule has 0 unspecified atom stereocenters. The number of rotatable bonds is 76. The lowest BCUT2D eigenvalue weighted by Crippen LogP contribution is -2.44. The molecule has 0 bridgehead atoms. The van der Waals surface area contributed by atoms with Crippen molar-refractivity contribution in [3.63, 3.8) is 0 Å². The smallest absolute Gasteiger partial charge is 0.306 e. The van der Waals surface area contributed by atoms with E-state index in [1.165, 1.54) is 308 Å². The molecule has 0 radical (unpaired) electrons. The first-order valence-corrected chi connectivity index (χ1v) is 43.4. The van der Waals surface area contributed by atoms with Crippen LogP contribution in [0.15, 0.2) is 0 Å². The molecule has 0 aromatic rings. The summed E-state index contributed by atoms with van der Waals surface area (Å²) in [4.78, 5) is 53.7. The van der Waals surface area contributed by atoms with Crippen LogP contribution in [0.1, 0.15) is 387 Å². The number of thioether (sulfide) groups is 4. The summed E-state index contributed by atoms with van der Waals surface area (Å²) in [7, 11) is 0. The van der Waals surface area contributed by atoms with Gasteiger partial charge in [0.15, 0.2) is 0 Å². The molecule has 89 heavy (non-hydrogen) atoms. The summed E-state index contributed by atoms with van der Waals surface area (Å²) in [5, 5.41) is 0. The first-order chi connectivity index (χ1) is 43.8. The molecule has 0 amide bonds. The van der Waals surface area contributed by atoms with Gasteiger partial charge in [-0.05, 0) is 48.7 Å². The molecule has 0 aliphatic rings. The van der Waals surface area contributed by atoms with Crippen LogP contribution < -0.4 is 0 Å². The van der Waals surface area contributed by atoms with E-state index in [0.29, 0.717) is 23.0 Å². The molecule has 0 fully saturated rings. The molecular formula is C77H148O8S4. The molecule has 0 saturated heterocycles. The zero-order chi connectivity index (χ0) is 64.5. The van der Waals surface area contributed by atoms with Crippen LogP contribution in [0.2, 0.25) is 0 Å². The summed E-state index contributed by atoms with van der Waals surface area (Å²) in [5.41, 5.74) is -1.23. The zero-order valence-corrected chi connectivity index (χ0v) is 62.7. The van der Waals surface area contributed by atoms with E-state index in [1.54, 1.807) is 47.0 Å². The summed E-state index contributed by atoms with van der Waals surface area (Å²) in [5.74, 6) is 5.31. The Morgan fingerprint density at radius 3 is 0.483 bits per heavy atom. The molecule has 0 aliphatic heterocycles. The van der Waals surface area contributed by atoms with Crippen LogP contribution in [0, 0.1) is 5.41 Å². The number of unbranched alkanes of at least 4 members (excludes halogenated alkanes) is 48. The SMILES string of the molecule is CCCCCCCCCCCCCCCSCCC(=O)OCC(COC(=O)CCSCCCCCCCCCCCCCCC)(COC(=O)CCSCCCCCCCCCCCCCCC)COC(=O)CCSCCCCCCCCCCCCCCC. The van der Waals surface area contributed by atoms with Gasteiger partial charge in [0.25, 0.3) is 0 Å². The van der Waals surface area contributed by atoms with Gasteiger partial charge in [0.2, 0.25) is 0 Å². The largest absolute Gasteiger partial charge is 0.465 e. The highest BCUT2D eigenvalue weighted by molar-refractivity contribution is 7.99. The molecule has 0 N–H and O–H groups in total.